The maximum atomic E-state index is 12.1. The molecule has 0 aliphatic rings. The Bertz CT molecular complexity index is 996. The quantitative estimate of drug-likeness (QED) is 0.661. The average Bonchev–Trinajstić information content (AvgIpc) is 3.04. The van der Waals surface area contributed by atoms with Crippen LogP contribution in [0.2, 0.25) is 0 Å². The summed E-state index contributed by atoms with van der Waals surface area (Å²) in [7, 11) is 1.54. The number of nitrogens with zero attached hydrogens (tertiary/aromatic N) is 3. The van der Waals surface area contributed by atoms with Crippen molar-refractivity contribution in [3.8, 4) is 11.6 Å². The molecule has 0 unspecified atom stereocenters. The summed E-state index contributed by atoms with van der Waals surface area (Å²) >= 11 is 0. The molecule has 1 amide bonds. The molecule has 8 heteroatoms. The van der Waals surface area contributed by atoms with E-state index in [1.165, 1.54) is 13.3 Å². The molecule has 1 aromatic carbocycles. The van der Waals surface area contributed by atoms with Gasteiger partial charge >= 0.3 is 5.97 Å². The van der Waals surface area contributed by atoms with Gasteiger partial charge in [-0.15, -0.1) is 0 Å². The Labute approximate surface area is 162 Å². The molecule has 3 aromatic rings. The van der Waals surface area contributed by atoms with E-state index in [9.17, 15) is 9.59 Å². The Morgan fingerprint density at radius 2 is 1.96 bits per heavy atom. The largest absolute Gasteiger partial charge is 0.497 e. The first-order valence-corrected chi connectivity index (χ1v) is 8.57. The van der Waals surface area contributed by atoms with Crippen LogP contribution in [0.1, 0.15) is 21.7 Å². The fourth-order valence-electron chi connectivity index (χ4n) is 2.61. The van der Waals surface area contributed by atoms with Crippen LogP contribution in [0.3, 0.4) is 0 Å². The summed E-state index contributed by atoms with van der Waals surface area (Å²) in [6.45, 7) is 3.41. The highest BCUT2D eigenvalue weighted by Gasteiger charge is 2.12. The molecular weight excluding hydrogens is 360 g/mol. The zero-order valence-electron chi connectivity index (χ0n) is 15.8. The molecule has 0 saturated heterocycles. The maximum Gasteiger partial charge on any atom is 0.340 e. The molecule has 0 aliphatic heterocycles. The van der Waals surface area contributed by atoms with E-state index in [1.807, 2.05) is 19.9 Å². The van der Waals surface area contributed by atoms with Crippen molar-refractivity contribution in [3.05, 3.63) is 65.6 Å². The number of nitrogens with one attached hydrogen (secondary N) is 1. The number of ether oxygens (including phenoxy) is 2. The van der Waals surface area contributed by atoms with Crippen LogP contribution in [0.25, 0.3) is 5.82 Å². The van der Waals surface area contributed by atoms with E-state index in [0.717, 1.165) is 11.4 Å². The minimum atomic E-state index is -0.631. The van der Waals surface area contributed by atoms with E-state index in [0.29, 0.717) is 17.3 Å². The Morgan fingerprint density at radius 3 is 2.61 bits per heavy atom. The van der Waals surface area contributed by atoms with E-state index in [-0.39, 0.29) is 5.56 Å². The number of hydrogen-bond acceptors (Lipinski definition) is 6. The van der Waals surface area contributed by atoms with E-state index in [4.69, 9.17) is 9.47 Å². The predicted molar refractivity (Wildman–Crippen MR) is 103 cm³/mol. The van der Waals surface area contributed by atoms with Crippen LogP contribution in [0.5, 0.6) is 5.75 Å². The van der Waals surface area contributed by atoms with Gasteiger partial charge in [-0.3, -0.25) is 4.79 Å². The van der Waals surface area contributed by atoms with Gasteiger partial charge in [0.05, 0.1) is 18.4 Å². The summed E-state index contributed by atoms with van der Waals surface area (Å²) < 4.78 is 11.8. The molecule has 1 N–H and O–H groups in total. The molecule has 0 atom stereocenters. The summed E-state index contributed by atoms with van der Waals surface area (Å²) in [6, 6.07) is 12.1. The second-order valence-electron chi connectivity index (χ2n) is 6.10. The standard InChI is InChI=1S/C20H20N4O4/c1-13-9-14(2)24(23-13)18-8-7-15(11-21-18)20(26)28-12-19(25)22-16-5-4-6-17(10-16)27-3/h4-11H,12H2,1-3H3,(H,22,25). The van der Waals surface area contributed by atoms with E-state index < -0.39 is 18.5 Å². The van der Waals surface area contributed by atoms with Crippen molar-refractivity contribution in [1.29, 1.82) is 0 Å². The molecule has 0 fully saturated rings. The van der Waals surface area contributed by atoms with Gasteiger partial charge in [0.25, 0.3) is 5.91 Å². The fraction of sp³-hybridized carbons (Fsp3) is 0.200. The molecule has 2 heterocycles. The van der Waals surface area contributed by atoms with Crippen molar-refractivity contribution in [2.24, 2.45) is 0 Å². The van der Waals surface area contributed by atoms with Crippen molar-refractivity contribution in [2.45, 2.75) is 13.8 Å². The predicted octanol–water partition coefficient (Wildman–Crippen LogP) is 2.69. The zero-order chi connectivity index (χ0) is 20.1. The van der Waals surface area contributed by atoms with Gasteiger partial charge < -0.3 is 14.8 Å². The number of aryl methyl sites for hydroxylation is 2. The highest BCUT2D eigenvalue weighted by molar-refractivity contribution is 5.95. The highest BCUT2D eigenvalue weighted by atomic mass is 16.5. The van der Waals surface area contributed by atoms with Gasteiger partial charge in [-0.1, -0.05) is 6.07 Å². The average molecular weight is 380 g/mol. The first kappa shape index (κ1) is 19.1. The van der Waals surface area contributed by atoms with Crippen molar-refractivity contribution in [1.82, 2.24) is 14.8 Å². The lowest BCUT2D eigenvalue weighted by atomic mass is 10.3. The maximum absolute atomic E-state index is 12.1. The molecule has 2 aromatic heterocycles. The zero-order valence-corrected chi connectivity index (χ0v) is 15.8. The second-order valence-corrected chi connectivity index (χ2v) is 6.10. The number of hydrogen-bond donors (Lipinski definition) is 1. The van der Waals surface area contributed by atoms with Crippen LogP contribution in [0.15, 0.2) is 48.7 Å². The van der Waals surface area contributed by atoms with E-state index in [2.05, 4.69) is 15.4 Å². The van der Waals surface area contributed by atoms with Gasteiger partial charge in [0.1, 0.15) is 5.75 Å². The molecular formula is C20H20N4O4. The molecule has 0 spiro atoms. The van der Waals surface area contributed by atoms with Gasteiger partial charge in [-0.2, -0.15) is 5.10 Å². The van der Waals surface area contributed by atoms with Gasteiger partial charge in [-0.05, 0) is 44.2 Å². The normalized spacial score (nSPS) is 10.4. The number of anilines is 1. The van der Waals surface area contributed by atoms with Crippen molar-refractivity contribution in [2.75, 3.05) is 19.0 Å². The first-order chi connectivity index (χ1) is 13.5. The summed E-state index contributed by atoms with van der Waals surface area (Å²) in [6.07, 6.45) is 1.40. The molecule has 0 saturated carbocycles. The third-order valence-corrected chi connectivity index (χ3v) is 3.90. The van der Waals surface area contributed by atoms with Crippen LogP contribution >= 0.6 is 0 Å². The van der Waals surface area contributed by atoms with Crippen LogP contribution in [0.4, 0.5) is 5.69 Å². The number of benzene rings is 1. The number of methoxy groups -OCH3 is 1. The number of aromatic nitrogens is 3. The molecule has 8 nitrogen and oxygen atoms in total. The molecule has 0 radical (unpaired) electrons. The Kier molecular flexibility index (Phi) is 5.69. The molecule has 28 heavy (non-hydrogen) atoms. The third-order valence-electron chi connectivity index (χ3n) is 3.90. The topological polar surface area (TPSA) is 95.3 Å². The minimum absolute atomic E-state index is 0.250. The minimum Gasteiger partial charge on any atom is -0.497 e. The van der Waals surface area contributed by atoms with Gasteiger partial charge in [-0.25, -0.2) is 14.5 Å². The van der Waals surface area contributed by atoms with Gasteiger partial charge in [0.15, 0.2) is 12.4 Å². The fourth-order valence-corrected chi connectivity index (χ4v) is 2.61. The summed E-state index contributed by atoms with van der Waals surface area (Å²) in [5, 5.41) is 6.98. The monoisotopic (exact) mass is 380 g/mol. The van der Waals surface area contributed by atoms with Crippen molar-refractivity contribution >= 4 is 17.6 Å². The smallest absolute Gasteiger partial charge is 0.340 e. The second kappa shape index (κ2) is 8.34. The number of carbonyl (C=O) groups excluding carboxylic acids is 2. The van der Waals surface area contributed by atoms with Crippen molar-refractivity contribution < 1.29 is 19.1 Å². The van der Waals surface area contributed by atoms with Gasteiger partial charge in [0.2, 0.25) is 0 Å². The lowest BCUT2D eigenvalue weighted by Crippen LogP contribution is -2.21. The Balaban J connectivity index is 1.57. The van der Waals surface area contributed by atoms with Crippen LogP contribution < -0.4 is 10.1 Å². The first-order valence-electron chi connectivity index (χ1n) is 8.57. The lowest BCUT2D eigenvalue weighted by Gasteiger charge is -2.08. The SMILES string of the molecule is COc1cccc(NC(=O)COC(=O)c2ccc(-n3nc(C)cc3C)nc2)c1. The van der Waals surface area contributed by atoms with E-state index in [1.54, 1.807) is 41.1 Å². The Morgan fingerprint density at radius 1 is 1.14 bits per heavy atom. The highest BCUT2D eigenvalue weighted by Crippen LogP contribution is 2.16. The summed E-state index contributed by atoms with van der Waals surface area (Å²) in [4.78, 5) is 28.3. The number of pyridine rings is 1. The lowest BCUT2D eigenvalue weighted by molar-refractivity contribution is -0.119. The number of esters is 1. The van der Waals surface area contributed by atoms with Crippen LogP contribution in [0, 0.1) is 13.8 Å². The van der Waals surface area contributed by atoms with Crippen LogP contribution in [-0.2, 0) is 9.53 Å². The van der Waals surface area contributed by atoms with Gasteiger partial charge in [0, 0.05) is 23.6 Å². The van der Waals surface area contributed by atoms with Crippen LogP contribution in [-0.4, -0.2) is 40.4 Å². The Hall–Kier alpha value is -3.68. The molecule has 144 valence electrons. The van der Waals surface area contributed by atoms with Crippen molar-refractivity contribution in [3.63, 3.8) is 0 Å². The van der Waals surface area contributed by atoms with E-state index >= 15 is 0 Å². The number of carbonyl (C=O) groups is 2. The molecule has 0 bridgehead atoms. The summed E-state index contributed by atoms with van der Waals surface area (Å²) in [5.41, 5.74) is 2.62. The molecule has 0 aliphatic carbocycles. The number of amides is 1. The number of rotatable bonds is 6. The summed E-state index contributed by atoms with van der Waals surface area (Å²) in [5.74, 6) is 0.128. The molecule has 3 rings (SSSR count). The third kappa shape index (κ3) is 4.53.